The van der Waals surface area contributed by atoms with Gasteiger partial charge in [0, 0.05) is 5.02 Å². The van der Waals surface area contributed by atoms with Crippen LogP contribution in [0.5, 0.6) is 0 Å². The highest BCUT2D eigenvalue weighted by Gasteiger charge is 2.02. The third-order valence-electron chi connectivity index (χ3n) is 2.55. The van der Waals surface area contributed by atoms with E-state index in [1.807, 2.05) is 31.2 Å². The maximum atomic E-state index is 6.00. The van der Waals surface area contributed by atoms with Crippen molar-refractivity contribution in [1.29, 1.82) is 0 Å². The summed E-state index contributed by atoms with van der Waals surface area (Å²) in [6.45, 7) is 4.13. The summed E-state index contributed by atoms with van der Waals surface area (Å²) < 4.78 is 0. The van der Waals surface area contributed by atoms with Crippen molar-refractivity contribution in [2.45, 2.75) is 13.8 Å². The molecule has 1 radical (unpaired) electrons. The fraction of sp³-hybridized carbons (Fsp3) is 0.143. The molecular formula is C14H12Cl. The summed E-state index contributed by atoms with van der Waals surface area (Å²) in [5.74, 6) is 0. The zero-order chi connectivity index (χ0) is 10.8. The molecule has 0 aromatic heterocycles. The second-order valence-corrected chi connectivity index (χ2v) is 4.11. The Balaban J connectivity index is 2.55. The van der Waals surface area contributed by atoms with Crippen molar-refractivity contribution in [2.24, 2.45) is 0 Å². The van der Waals surface area contributed by atoms with Crippen molar-refractivity contribution in [2.75, 3.05) is 0 Å². The first-order valence-corrected chi connectivity index (χ1v) is 5.29. The molecule has 15 heavy (non-hydrogen) atoms. The van der Waals surface area contributed by atoms with Gasteiger partial charge < -0.3 is 0 Å². The highest BCUT2D eigenvalue weighted by molar-refractivity contribution is 6.31. The molecular weight excluding hydrogens is 204 g/mol. The lowest BCUT2D eigenvalue weighted by atomic mass is 9.99. The average molecular weight is 216 g/mol. The van der Waals surface area contributed by atoms with Crippen LogP contribution in [0.4, 0.5) is 0 Å². The van der Waals surface area contributed by atoms with E-state index in [1.54, 1.807) is 0 Å². The normalized spacial score (nSPS) is 10.3. The van der Waals surface area contributed by atoms with Crippen molar-refractivity contribution in [3.63, 3.8) is 0 Å². The van der Waals surface area contributed by atoms with Crippen LogP contribution in [-0.2, 0) is 0 Å². The number of halogens is 1. The quantitative estimate of drug-likeness (QED) is 0.661. The summed E-state index contributed by atoms with van der Waals surface area (Å²) in [7, 11) is 0. The van der Waals surface area contributed by atoms with Gasteiger partial charge in [-0.15, -0.1) is 0 Å². The van der Waals surface area contributed by atoms with Crippen LogP contribution >= 0.6 is 11.6 Å². The SMILES string of the molecule is Cc1cc(-c2c[c]ccc2C)ccc1Cl. The first kappa shape index (κ1) is 10.3. The molecule has 0 aliphatic heterocycles. The Morgan fingerprint density at radius 1 is 1.07 bits per heavy atom. The summed E-state index contributed by atoms with van der Waals surface area (Å²) in [5, 5.41) is 0.816. The number of benzene rings is 2. The van der Waals surface area contributed by atoms with Crippen LogP contribution < -0.4 is 0 Å². The van der Waals surface area contributed by atoms with Crippen LogP contribution in [0.25, 0.3) is 11.1 Å². The summed E-state index contributed by atoms with van der Waals surface area (Å²) in [4.78, 5) is 0. The van der Waals surface area contributed by atoms with Crippen molar-refractivity contribution in [3.8, 4) is 11.1 Å². The molecule has 2 aromatic carbocycles. The van der Waals surface area contributed by atoms with E-state index in [1.165, 1.54) is 16.7 Å². The van der Waals surface area contributed by atoms with E-state index in [4.69, 9.17) is 11.6 Å². The molecule has 0 heterocycles. The van der Waals surface area contributed by atoms with Gasteiger partial charge in [0.1, 0.15) is 0 Å². The lowest BCUT2D eigenvalue weighted by Gasteiger charge is -2.07. The molecule has 0 saturated heterocycles. The second-order valence-electron chi connectivity index (χ2n) is 3.70. The smallest absolute Gasteiger partial charge is 0.0435 e. The predicted octanol–water partition coefficient (Wildman–Crippen LogP) is 4.42. The van der Waals surface area contributed by atoms with Crippen molar-refractivity contribution in [3.05, 3.63) is 58.6 Å². The summed E-state index contributed by atoms with van der Waals surface area (Å²) in [5.41, 5.74) is 4.79. The van der Waals surface area contributed by atoms with Gasteiger partial charge in [0.25, 0.3) is 0 Å². The summed E-state index contributed by atoms with van der Waals surface area (Å²) >= 11 is 6.00. The van der Waals surface area contributed by atoms with Crippen LogP contribution in [0.1, 0.15) is 11.1 Å². The molecule has 1 heteroatoms. The Hall–Kier alpha value is -1.27. The molecule has 0 atom stereocenters. The minimum absolute atomic E-state index is 0.816. The van der Waals surface area contributed by atoms with Gasteiger partial charge in [-0.2, -0.15) is 0 Å². The number of aryl methyl sites for hydroxylation is 2. The highest BCUT2D eigenvalue weighted by Crippen LogP contribution is 2.26. The molecule has 75 valence electrons. The van der Waals surface area contributed by atoms with E-state index in [9.17, 15) is 0 Å². The van der Waals surface area contributed by atoms with Gasteiger partial charge in [-0.05, 0) is 60.4 Å². The molecule has 2 aromatic rings. The molecule has 0 nitrogen and oxygen atoms in total. The zero-order valence-corrected chi connectivity index (χ0v) is 9.60. The number of rotatable bonds is 1. The highest BCUT2D eigenvalue weighted by atomic mass is 35.5. The predicted molar refractivity (Wildman–Crippen MR) is 65.2 cm³/mol. The molecule has 0 aliphatic carbocycles. The maximum absolute atomic E-state index is 6.00. The molecule has 0 amide bonds. The Bertz CT molecular complexity index is 486. The molecule has 0 saturated carbocycles. The van der Waals surface area contributed by atoms with Crippen molar-refractivity contribution < 1.29 is 0 Å². The molecule has 0 bridgehead atoms. The first-order valence-electron chi connectivity index (χ1n) is 4.92. The minimum Gasteiger partial charge on any atom is -0.0841 e. The lowest BCUT2D eigenvalue weighted by Crippen LogP contribution is -1.84. The zero-order valence-electron chi connectivity index (χ0n) is 8.84. The molecule has 0 aliphatic rings. The number of hydrogen-bond donors (Lipinski definition) is 0. The lowest BCUT2D eigenvalue weighted by molar-refractivity contribution is 1.42. The van der Waals surface area contributed by atoms with Gasteiger partial charge in [-0.1, -0.05) is 29.8 Å². The van der Waals surface area contributed by atoms with E-state index in [0.717, 1.165) is 10.6 Å². The molecule has 2 rings (SSSR count). The monoisotopic (exact) mass is 215 g/mol. The number of hydrogen-bond acceptors (Lipinski definition) is 0. The van der Waals surface area contributed by atoms with Gasteiger partial charge in [0.05, 0.1) is 0 Å². The average Bonchev–Trinajstić information content (AvgIpc) is 2.23. The van der Waals surface area contributed by atoms with Crippen LogP contribution in [0.15, 0.2) is 36.4 Å². The van der Waals surface area contributed by atoms with Crippen LogP contribution in [0.2, 0.25) is 5.02 Å². The van der Waals surface area contributed by atoms with Crippen molar-refractivity contribution in [1.82, 2.24) is 0 Å². The molecule has 0 spiro atoms. The van der Waals surface area contributed by atoms with Gasteiger partial charge in [0.15, 0.2) is 0 Å². The van der Waals surface area contributed by atoms with Crippen LogP contribution in [0.3, 0.4) is 0 Å². The van der Waals surface area contributed by atoms with E-state index >= 15 is 0 Å². The topological polar surface area (TPSA) is 0 Å². The fourth-order valence-corrected chi connectivity index (χ4v) is 1.75. The molecule has 0 unspecified atom stereocenters. The van der Waals surface area contributed by atoms with Crippen molar-refractivity contribution >= 4 is 11.6 Å². The van der Waals surface area contributed by atoms with Gasteiger partial charge in [-0.25, -0.2) is 0 Å². The standard InChI is InChI=1S/C14H12Cl/c1-10-5-3-4-6-13(10)12-7-8-14(15)11(2)9-12/h3,5-9H,1-2H3. The van der Waals surface area contributed by atoms with Gasteiger partial charge in [0.2, 0.25) is 0 Å². The van der Waals surface area contributed by atoms with Crippen LogP contribution in [0, 0.1) is 19.9 Å². The third kappa shape index (κ3) is 2.05. The largest absolute Gasteiger partial charge is 0.0841 e. The van der Waals surface area contributed by atoms with E-state index in [2.05, 4.69) is 25.1 Å². The Morgan fingerprint density at radius 2 is 1.87 bits per heavy atom. The summed E-state index contributed by atoms with van der Waals surface area (Å²) in [6.07, 6.45) is 0. The first-order chi connectivity index (χ1) is 7.18. The molecule has 0 N–H and O–H groups in total. The Labute approximate surface area is 95.5 Å². The summed E-state index contributed by atoms with van der Waals surface area (Å²) in [6, 6.07) is 15.2. The van der Waals surface area contributed by atoms with Gasteiger partial charge >= 0.3 is 0 Å². The fourth-order valence-electron chi connectivity index (χ4n) is 1.63. The van der Waals surface area contributed by atoms with Crippen LogP contribution in [-0.4, -0.2) is 0 Å². The Morgan fingerprint density at radius 3 is 2.53 bits per heavy atom. The van der Waals surface area contributed by atoms with E-state index in [-0.39, 0.29) is 0 Å². The molecule has 0 fully saturated rings. The van der Waals surface area contributed by atoms with Gasteiger partial charge in [-0.3, -0.25) is 0 Å². The maximum Gasteiger partial charge on any atom is 0.0435 e. The second kappa shape index (κ2) is 4.08. The van der Waals surface area contributed by atoms with E-state index < -0.39 is 0 Å². The third-order valence-corrected chi connectivity index (χ3v) is 2.98. The Kier molecular flexibility index (Phi) is 2.79. The minimum atomic E-state index is 0.816. The van der Waals surface area contributed by atoms with E-state index in [0.29, 0.717) is 0 Å².